The van der Waals surface area contributed by atoms with E-state index < -0.39 is 11.7 Å². The minimum Gasteiger partial charge on any atom is -0.370 e. The molecule has 0 fully saturated rings. The van der Waals surface area contributed by atoms with Crippen LogP contribution in [0.15, 0.2) is 42.6 Å². The van der Waals surface area contributed by atoms with Gasteiger partial charge in [0.25, 0.3) is 5.91 Å². The van der Waals surface area contributed by atoms with Gasteiger partial charge in [-0.05, 0) is 30.7 Å². The molecule has 22 heavy (non-hydrogen) atoms. The van der Waals surface area contributed by atoms with Crippen molar-refractivity contribution in [3.05, 3.63) is 54.0 Å². The number of anilines is 2. The summed E-state index contributed by atoms with van der Waals surface area (Å²) in [5.41, 5.74) is 0.552. The maximum atomic E-state index is 13.5. The topological polar surface area (TPSA) is 54.0 Å². The fraction of sp³-hybridized carbons (Fsp3) is 0.294. The monoisotopic (exact) mass is 301 g/mol. The van der Waals surface area contributed by atoms with E-state index in [0.717, 1.165) is 18.8 Å². The second kappa shape index (κ2) is 8.12. The first kappa shape index (κ1) is 15.9. The molecular formula is C17H20FN3O. The zero-order valence-corrected chi connectivity index (χ0v) is 12.6. The number of hydrogen-bond donors (Lipinski definition) is 2. The van der Waals surface area contributed by atoms with Gasteiger partial charge in [0.05, 0.1) is 17.4 Å². The third-order valence-corrected chi connectivity index (χ3v) is 3.23. The Balaban J connectivity index is 1.91. The fourth-order valence-electron chi connectivity index (χ4n) is 2.01. The van der Waals surface area contributed by atoms with Crippen LogP contribution >= 0.6 is 0 Å². The fourth-order valence-corrected chi connectivity index (χ4v) is 2.01. The molecule has 0 radical (unpaired) electrons. The van der Waals surface area contributed by atoms with Crippen LogP contribution in [0.5, 0.6) is 0 Å². The number of carbonyl (C=O) groups is 1. The van der Waals surface area contributed by atoms with Crippen molar-refractivity contribution in [2.24, 2.45) is 0 Å². The number of carbonyl (C=O) groups excluding carboxylic acids is 1. The largest absolute Gasteiger partial charge is 0.370 e. The summed E-state index contributed by atoms with van der Waals surface area (Å²) >= 11 is 0. The molecule has 0 atom stereocenters. The van der Waals surface area contributed by atoms with Gasteiger partial charge in [-0.15, -0.1) is 0 Å². The maximum absolute atomic E-state index is 13.5. The van der Waals surface area contributed by atoms with Crippen molar-refractivity contribution in [2.45, 2.75) is 26.2 Å². The van der Waals surface area contributed by atoms with Gasteiger partial charge in [-0.2, -0.15) is 0 Å². The molecule has 0 spiro atoms. The zero-order chi connectivity index (χ0) is 15.8. The van der Waals surface area contributed by atoms with Gasteiger partial charge in [0.1, 0.15) is 11.6 Å². The van der Waals surface area contributed by atoms with Gasteiger partial charge in [-0.1, -0.05) is 31.9 Å². The van der Waals surface area contributed by atoms with Crippen molar-refractivity contribution in [3.8, 4) is 0 Å². The number of pyridine rings is 1. The summed E-state index contributed by atoms with van der Waals surface area (Å²) < 4.78 is 13.5. The van der Waals surface area contributed by atoms with E-state index >= 15 is 0 Å². The SMILES string of the molecule is CCCCCNc1ccc(NC(=O)c2ccccc2F)cn1. The second-order valence-corrected chi connectivity index (χ2v) is 5.00. The number of nitrogens with zero attached hydrogens (tertiary/aromatic N) is 1. The van der Waals surface area contributed by atoms with Crippen molar-refractivity contribution >= 4 is 17.4 Å². The molecule has 0 aliphatic carbocycles. The molecule has 2 N–H and O–H groups in total. The Bertz CT molecular complexity index is 614. The lowest BCUT2D eigenvalue weighted by molar-refractivity contribution is 0.102. The van der Waals surface area contributed by atoms with E-state index in [0.29, 0.717) is 5.69 Å². The Morgan fingerprint density at radius 2 is 2.00 bits per heavy atom. The molecule has 4 nitrogen and oxygen atoms in total. The summed E-state index contributed by atoms with van der Waals surface area (Å²) in [4.78, 5) is 16.2. The Morgan fingerprint density at radius 1 is 1.18 bits per heavy atom. The standard InChI is InChI=1S/C17H20FN3O/c1-2-3-6-11-19-16-10-9-13(12-20-16)21-17(22)14-7-4-5-8-15(14)18/h4-5,7-10,12H,2-3,6,11H2,1H3,(H,19,20)(H,21,22). The van der Waals surface area contributed by atoms with E-state index in [9.17, 15) is 9.18 Å². The van der Waals surface area contributed by atoms with Crippen LogP contribution < -0.4 is 10.6 Å². The lowest BCUT2D eigenvalue weighted by Crippen LogP contribution is -2.14. The zero-order valence-electron chi connectivity index (χ0n) is 12.6. The van der Waals surface area contributed by atoms with Gasteiger partial charge in [0, 0.05) is 6.54 Å². The molecule has 5 heteroatoms. The lowest BCUT2D eigenvalue weighted by atomic mass is 10.2. The molecule has 2 aromatic rings. The van der Waals surface area contributed by atoms with Crippen LogP contribution in [0, 0.1) is 5.82 Å². The lowest BCUT2D eigenvalue weighted by Gasteiger charge is -2.08. The Kier molecular flexibility index (Phi) is 5.89. The number of aromatic nitrogens is 1. The molecule has 0 unspecified atom stereocenters. The molecule has 116 valence electrons. The quantitative estimate of drug-likeness (QED) is 0.758. The number of nitrogens with one attached hydrogen (secondary N) is 2. The molecule has 1 aromatic carbocycles. The van der Waals surface area contributed by atoms with Crippen LogP contribution in [-0.4, -0.2) is 17.4 Å². The summed E-state index contributed by atoms with van der Waals surface area (Å²) in [5.74, 6) is -0.259. The number of halogens is 1. The number of amides is 1. The van der Waals surface area contributed by atoms with E-state index in [2.05, 4.69) is 22.5 Å². The Labute approximate surface area is 129 Å². The normalized spacial score (nSPS) is 10.3. The minimum absolute atomic E-state index is 0.0178. The van der Waals surface area contributed by atoms with Gasteiger partial charge in [-0.3, -0.25) is 4.79 Å². The predicted octanol–water partition coefficient (Wildman–Crippen LogP) is 4.08. The average molecular weight is 301 g/mol. The first-order chi connectivity index (χ1) is 10.7. The summed E-state index contributed by atoms with van der Waals surface area (Å²) in [6.45, 7) is 3.03. The summed E-state index contributed by atoms with van der Waals surface area (Å²) in [6.07, 6.45) is 5.02. The van der Waals surface area contributed by atoms with Crippen LogP contribution in [0.4, 0.5) is 15.9 Å². The third kappa shape index (κ3) is 4.55. The maximum Gasteiger partial charge on any atom is 0.258 e. The highest BCUT2D eigenvalue weighted by atomic mass is 19.1. The smallest absolute Gasteiger partial charge is 0.258 e. The summed E-state index contributed by atoms with van der Waals surface area (Å²) in [5, 5.41) is 5.85. The molecule has 1 heterocycles. The molecule has 0 aliphatic rings. The van der Waals surface area contributed by atoms with Gasteiger partial charge in [0.15, 0.2) is 0 Å². The van der Waals surface area contributed by atoms with Crippen LogP contribution in [0.1, 0.15) is 36.5 Å². The van der Waals surface area contributed by atoms with E-state index in [-0.39, 0.29) is 5.56 Å². The van der Waals surface area contributed by atoms with Crippen molar-refractivity contribution in [1.82, 2.24) is 4.98 Å². The van der Waals surface area contributed by atoms with Gasteiger partial charge >= 0.3 is 0 Å². The highest BCUT2D eigenvalue weighted by Crippen LogP contribution is 2.13. The van der Waals surface area contributed by atoms with Crippen molar-refractivity contribution in [3.63, 3.8) is 0 Å². The van der Waals surface area contributed by atoms with Crippen molar-refractivity contribution < 1.29 is 9.18 Å². The van der Waals surface area contributed by atoms with Crippen LogP contribution in [0.3, 0.4) is 0 Å². The molecular weight excluding hydrogens is 281 g/mol. The predicted molar refractivity (Wildman–Crippen MR) is 86.6 cm³/mol. The number of unbranched alkanes of at least 4 members (excludes halogenated alkanes) is 2. The molecule has 0 aliphatic heterocycles. The van der Waals surface area contributed by atoms with Crippen LogP contribution in [0.25, 0.3) is 0 Å². The second-order valence-electron chi connectivity index (χ2n) is 5.00. The Hall–Kier alpha value is -2.43. The number of rotatable bonds is 7. The van der Waals surface area contributed by atoms with Crippen LogP contribution in [-0.2, 0) is 0 Å². The van der Waals surface area contributed by atoms with E-state index in [4.69, 9.17) is 0 Å². The molecule has 0 saturated heterocycles. The van der Waals surface area contributed by atoms with E-state index in [1.165, 1.54) is 25.0 Å². The van der Waals surface area contributed by atoms with E-state index in [1.54, 1.807) is 30.5 Å². The highest BCUT2D eigenvalue weighted by Gasteiger charge is 2.10. The number of hydrogen-bond acceptors (Lipinski definition) is 3. The van der Waals surface area contributed by atoms with Crippen molar-refractivity contribution in [2.75, 3.05) is 17.2 Å². The Morgan fingerprint density at radius 3 is 2.68 bits per heavy atom. The number of benzene rings is 1. The first-order valence-electron chi connectivity index (χ1n) is 7.46. The summed E-state index contributed by atoms with van der Waals surface area (Å²) in [6, 6.07) is 9.42. The third-order valence-electron chi connectivity index (χ3n) is 3.23. The molecule has 0 saturated carbocycles. The summed E-state index contributed by atoms with van der Waals surface area (Å²) in [7, 11) is 0. The average Bonchev–Trinajstić information content (AvgIpc) is 2.53. The molecule has 1 amide bonds. The van der Waals surface area contributed by atoms with Crippen molar-refractivity contribution in [1.29, 1.82) is 0 Å². The van der Waals surface area contributed by atoms with Gasteiger partial charge in [0.2, 0.25) is 0 Å². The molecule has 1 aromatic heterocycles. The van der Waals surface area contributed by atoms with Crippen LogP contribution in [0.2, 0.25) is 0 Å². The van der Waals surface area contributed by atoms with Gasteiger partial charge < -0.3 is 10.6 Å². The first-order valence-corrected chi connectivity index (χ1v) is 7.46. The molecule has 2 rings (SSSR count). The van der Waals surface area contributed by atoms with E-state index in [1.807, 2.05) is 0 Å². The highest BCUT2D eigenvalue weighted by molar-refractivity contribution is 6.04. The molecule has 0 bridgehead atoms. The van der Waals surface area contributed by atoms with Gasteiger partial charge in [-0.25, -0.2) is 9.37 Å². The minimum atomic E-state index is -0.540.